The van der Waals surface area contributed by atoms with Crippen molar-refractivity contribution < 1.29 is 14.3 Å². The first-order chi connectivity index (χ1) is 14.2. The molecule has 2 aromatic carbocycles. The van der Waals surface area contributed by atoms with Gasteiger partial charge in [-0.25, -0.2) is 4.79 Å². The van der Waals surface area contributed by atoms with E-state index in [4.69, 9.17) is 4.74 Å². The highest BCUT2D eigenvalue weighted by molar-refractivity contribution is 7.15. The van der Waals surface area contributed by atoms with Crippen molar-refractivity contribution in [1.29, 1.82) is 0 Å². The van der Waals surface area contributed by atoms with Gasteiger partial charge in [-0.05, 0) is 37.0 Å². The summed E-state index contributed by atoms with van der Waals surface area (Å²) in [5, 5.41) is 5.42. The number of benzene rings is 2. The monoisotopic (exact) mass is 421 g/mol. The minimum atomic E-state index is -0.641. The summed E-state index contributed by atoms with van der Waals surface area (Å²) in [5.41, 5.74) is 4.77. The second kappa shape index (κ2) is 8.84. The Labute approximate surface area is 181 Å². The van der Waals surface area contributed by atoms with E-state index in [9.17, 15) is 9.59 Å². The average Bonchev–Trinajstić information content (AvgIpc) is 3.13. The van der Waals surface area contributed by atoms with E-state index in [1.807, 2.05) is 75.5 Å². The number of hydrogen-bond acceptors (Lipinski definition) is 4. The molecular formula is C25H27NO3S. The van der Waals surface area contributed by atoms with Gasteiger partial charge in [0.2, 0.25) is 5.91 Å². The minimum Gasteiger partial charge on any atom is -0.465 e. The lowest BCUT2D eigenvalue weighted by Crippen LogP contribution is -2.33. The van der Waals surface area contributed by atoms with Crippen LogP contribution in [0.3, 0.4) is 0 Å². The van der Waals surface area contributed by atoms with Crippen molar-refractivity contribution in [1.82, 2.24) is 0 Å². The van der Waals surface area contributed by atoms with Gasteiger partial charge in [0.15, 0.2) is 0 Å². The highest BCUT2D eigenvalue weighted by Gasteiger charge is 2.31. The SMILES string of the molecule is COC(=O)c1c(-c2cc(C)ccc2C)csc1NC(=O)C(C)(C)Cc1ccccc1. The Bertz CT molecular complexity index is 1070. The van der Waals surface area contributed by atoms with E-state index in [2.05, 4.69) is 11.4 Å². The summed E-state index contributed by atoms with van der Waals surface area (Å²) >= 11 is 1.35. The van der Waals surface area contributed by atoms with E-state index in [1.165, 1.54) is 18.4 Å². The summed E-state index contributed by atoms with van der Waals surface area (Å²) in [6.07, 6.45) is 0.600. The first kappa shape index (κ1) is 21.8. The zero-order chi connectivity index (χ0) is 21.9. The third-order valence-electron chi connectivity index (χ3n) is 5.19. The summed E-state index contributed by atoms with van der Waals surface area (Å²) in [5.74, 6) is -0.589. The van der Waals surface area contributed by atoms with Crippen LogP contribution in [0.4, 0.5) is 5.00 Å². The van der Waals surface area contributed by atoms with Crippen molar-refractivity contribution in [2.24, 2.45) is 5.41 Å². The number of carbonyl (C=O) groups excluding carboxylic acids is 2. The number of amides is 1. The molecule has 0 saturated carbocycles. The Morgan fingerprint density at radius 3 is 2.40 bits per heavy atom. The third kappa shape index (κ3) is 4.62. The van der Waals surface area contributed by atoms with Crippen LogP contribution in [-0.2, 0) is 16.0 Å². The molecule has 1 heterocycles. The van der Waals surface area contributed by atoms with E-state index in [1.54, 1.807) is 0 Å². The maximum atomic E-state index is 13.1. The lowest BCUT2D eigenvalue weighted by Gasteiger charge is -2.23. The van der Waals surface area contributed by atoms with E-state index in [-0.39, 0.29) is 5.91 Å². The van der Waals surface area contributed by atoms with E-state index < -0.39 is 11.4 Å². The Kier molecular flexibility index (Phi) is 6.42. The van der Waals surface area contributed by atoms with Crippen molar-refractivity contribution in [3.8, 4) is 11.1 Å². The first-order valence-corrected chi connectivity index (χ1v) is 10.7. The van der Waals surface area contributed by atoms with Gasteiger partial charge in [0.25, 0.3) is 0 Å². The second-order valence-corrected chi connectivity index (χ2v) is 9.04. The molecule has 0 radical (unpaired) electrons. The molecule has 1 amide bonds. The molecule has 0 bridgehead atoms. The van der Waals surface area contributed by atoms with Crippen LogP contribution in [0.15, 0.2) is 53.9 Å². The van der Waals surface area contributed by atoms with Gasteiger partial charge in [-0.15, -0.1) is 11.3 Å². The van der Waals surface area contributed by atoms with Crippen LogP contribution in [-0.4, -0.2) is 19.0 Å². The number of nitrogens with one attached hydrogen (secondary N) is 1. The predicted molar refractivity (Wildman–Crippen MR) is 123 cm³/mol. The van der Waals surface area contributed by atoms with Crippen molar-refractivity contribution in [3.05, 3.63) is 76.2 Å². The number of esters is 1. The molecule has 0 fully saturated rings. The molecule has 0 unspecified atom stereocenters. The van der Waals surface area contributed by atoms with Crippen LogP contribution in [0.1, 0.15) is 40.9 Å². The number of hydrogen-bond donors (Lipinski definition) is 1. The highest BCUT2D eigenvalue weighted by atomic mass is 32.1. The summed E-state index contributed by atoms with van der Waals surface area (Å²) < 4.78 is 5.05. The highest BCUT2D eigenvalue weighted by Crippen LogP contribution is 2.39. The van der Waals surface area contributed by atoms with Crippen LogP contribution in [0.5, 0.6) is 0 Å². The fourth-order valence-corrected chi connectivity index (χ4v) is 4.38. The zero-order valence-electron chi connectivity index (χ0n) is 18.0. The summed E-state index contributed by atoms with van der Waals surface area (Å²) in [7, 11) is 1.36. The largest absolute Gasteiger partial charge is 0.465 e. The quantitative estimate of drug-likeness (QED) is 0.495. The number of anilines is 1. The normalized spacial score (nSPS) is 11.2. The molecule has 0 saturated heterocycles. The Morgan fingerprint density at radius 2 is 1.73 bits per heavy atom. The third-order valence-corrected chi connectivity index (χ3v) is 6.09. The van der Waals surface area contributed by atoms with Gasteiger partial charge in [0, 0.05) is 16.4 Å². The molecule has 0 atom stereocenters. The van der Waals surface area contributed by atoms with Crippen molar-refractivity contribution in [2.75, 3.05) is 12.4 Å². The van der Waals surface area contributed by atoms with E-state index in [0.717, 1.165) is 27.8 Å². The van der Waals surface area contributed by atoms with Gasteiger partial charge in [-0.1, -0.05) is 67.9 Å². The molecule has 1 aromatic heterocycles. The molecule has 30 heavy (non-hydrogen) atoms. The molecule has 4 nitrogen and oxygen atoms in total. The zero-order valence-corrected chi connectivity index (χ0v) is 18.9. The lowest BCUT2D eigenvalue weighted by atomic mass is 9.85. The number of rotatable bonds is 6. The summed E-state index contributed by atoms with van der Waals surface area (Å²) in [6.45, 7) is 7.84. The van der Waals surface area contributed by atoms with Gasteiger partial charge in [0.1, 0.15) is 10.6 Å². The van der Waals surface area contributed by atoms with Gasteiger partial charge < -0.3 is 10.1 Å². The maximum Gasteiger partial charge on any atom is 0.341 e. The number of aryl methyl sites for hydroxylation is 2. The molecule has 3 aromatic rings. The second-order valence-electron chi connectivity index (χ2n) is 8.16. The molecule has 0 aliphatic carbocycles. The van der Waals surface area contributed by atoms with Gasteiger partial charge in [0.05, 0.1) is 7.11 Å². The predicted octanol–water partition coefficient (Wildman–Crippen LogP) is 6.03. The standard InChI is InChI=1S/C25H27NO3S/c1-16-11-12-17(2)19(13-16)20-15-30-22(21(20)23(27)29-5)26-24(28)25(3,4)14-18-9-7-6-8-10-18/h6-13,15H,14H2,1-5H3,(H,26,28). The minimum absolute atomic E-state index is 0.133. The number of methoxy groups -OCH3 is 1. The Hall–Kier alpha value is -2.92. The van der Waals surface area contributed by atoms with Crippen LogP contribution in [0.2, 0.25) is 0 Å². The number of ether oxygens (including phenoxy) is 1. The Morgan fingerprint density at radius 1 is 1.03 bits per heavy atom. The topological polar surface area (TPSA) is 55.4 Å². The van der Waals surface area contributed by atoms with Crippen LogP contribution >= 0.6 is 11.3 Å². The van der Waals surface area contributed by atoms with Crippen molar-refractivity contribution in [2.45, 2.75) is 34.1 Å². The number of thiophene rings is 1. The summed E-state index contributed by atoms with van der Waals surface area (Å²) in [6, 6.07) is 16.0. The first-order valence-electron chi connectivity index (χ1n) is 9.85. The molecule has 0 aliphatic heterocycles. The average molecular weight is 422 g/mol. The fraction of sp³-hybridized carbons (Fsp3) is 0.280. The Balaban J connectivity index is 1.94. The molecule has 156 valence electrons. The van der Waals surface area contributed by atoms with Crippen LogP contribution in [0, 0.1) is 19.3 Å². The molecule has 1 N–H and O–H groups in total. The lowest BCUT2D eigenvalue weighted by molar-refractivity contribution is -0.123. The molecular weight excluding hydrogens is 394 g/mol. The van der Waals surface area contributed by atoms with Gasteiger partial charge in [-0.3, -0.25) is 4.79 Å². The molecule has 3 rings (SSSR count). The summed E-state index contributed by atoms with van der Waals surface area (Å²) in [4.78, 5) is 25.8. The van der Waals surface area contributed by atoms with Crippen molar-refractivity contribution in [3.63, 3.8) is 0 Å². The smallest absolute Gasteiger partial charge is 0.341 e. The molecule has 0 spiro atoms. The fourth-order valence-electron chi connectivity index (χ4n) is 3.44. The van der Waals surface area contributed by atoms with Crippen molar-refractivity contribution >= 4 is 28.2 Å². The van der Waals surface area contributed by atoms with E-state index in [0.29, 0.717) is 17.0 Å². The van der Waals surface area contributed by atoms with Crippen LogP contribution < -0.4 is 5.32 Å². The molecule has 0 aliphatic rings. The van der Waals surface area contributed by atoms with Crippen LogP contribution in [0.25, 0.3) is 11.1 Å². The number of carbonyl (C=O) groups is 2. The van der Waals surface area contributed by atoms with Gasteiger partial charge >= 0.3 is 5.97 Å². The van der Waals surface area contributed by atoms with Gasteiger partial charge in [-0.2, -0.15) is 0 Å². The maximum absolute atomic E-state index is 13.1. The molecule has 5 heteroatoms. The van der Waals surface area contributed by atoms with E-state index >= 15 is 0 Å².